The molecule has 1 N–H and O–H groups in total. The number of benzene rings is 1. The van der Waals surface area contributed by atoms with Crippen molar-refractivity contribution in [3.8, 4) is 0 Å². The summed E-state index contributed by atoms with van der Waals surface area (Å²) >= 11 is 0. The molecule has 1 aliphatic heterocycles. The first kappa shape index (κ1) is 18.4. The second-order valence-electron chi connectivity index (χ2n) is 6.57. The molecule has 2 aromatic heterocycles. The number of halogens is 3. The molecule has 1 fully saturated rings. The lowest BCUT2D eigenvalue weighted by atomic mass is 9.99. The summed E-state index contributed by atoms with van der Waals surface area (Å²) in [5.74, 6) is 0.00958. The molecule has 3 aromatic rings. The number of nitrogens with zero attached hydrogens (tertiary/aromatic N) is 2. The van der Waals surface area contributed by atoms with Gasteiger partial charge >= 0.3 is 6.18 Å². The first-order valence-electron chi connectivity index (χ1n) is 8.72. The second kappa shape index (κ2) is 7.20. The fourth-order valence-electron chi connectivity index (χ4n) is 3.37. The van der Waals surface area contributed by atoms with Gasteiger partial charge in [-0.3, -0.25) is 9.78 Å². The van der Waals surface area contributed by atoms with Gasteiger partial charge in [-0.25, -0.2) is 4.98 Å². The first-order valence-corrected chi connectivity index (χ1v) is 8.72. The number of hydrogen-bond acceptors (Lipinski definition) is 4. The van der Waals surface area contributed by atoms with Gasteiger partial charge in [0, 0.05) is 36.5 Å². The van der Waals surface area contributed by atoms with Gasteiger partial charge in [-0.1, -0.05) is 12.1 Å². The second-order valence-corrected chi connectivity index (χ2v) is 6.57. The van der Waals surface area contributed by atoms with E-state index in [0.29, 0.717) is 19.0 Å². The number of carbonyl (C=O) groups is 1. The van der Waals surface area contributed by atoms with E-state index in [0.717, 1.165) is 24.2 Å². The average molecular weight is 387 g/mol. The van der Waals surface area contributed by atoms with Crippen LogP contribution in [-0.4, -0.2) is 29.1 Å². The van der Waals surface area contributed by atoms with E-state index in [4.69, 9.17) is 4.74 Å². The standard InChI is InChI=1S/C20H16F3N3O2/c21-20(22,23)17-3-1-2-14-15(17)9-24-10-16(14)19(27)26-18-8-12(4-6-25-18)13-5-7-28-11-13/h1-4,6,8-10,13H,5,7,11H2,(H,25,26,27). The highest BCUT2D eigenvalue weighted by atomic mass is 19.4. The van der Waals surface area contributed by atoms with Crippen LogP contribution in [0.3, 0.4) is 0 Å². The predicted octanol–water partition coefficient (Wildman–Crippen LogP) is 4.40. The Morgan fingerprint density at radius 1 is 1.18 bits per heavy atom. The van der Waals surface area contributed by atoms with Crippen molar-refractivity contribution in [3.05, 3.63) is 65.6 Å². The maximum Gasteiger partial charge on any atom is 0.417 e. The third-order valence-corrected chi connectivity index (χ3v) is 4.78. The summed E-state index contributed by atoms with van der Waals surface area (Å²) in [6, 6.07) is 7.35. The van der Waals surface area contributed by atoms with Crippen LogP contribution in [0, 0.1) is 0 Å². The molecule has 8 heteroatoms. The van der Waals surface area contributed by atoms with Gasteiger partial charge in [0.15, 0.2) is 0 Å². The minimum atomic E-state index is -4.53. The molecular formula is C20H16F3N3O2. The molecule has 1 amide bonds. The normalized spacial score (nSPS) is 17.0. The zero-order valence-corrected chi connectivity index (χ0v) is 14.7. The van der Waals surface area contributed by atoms with Crippen molar-refractivity contribution in [1.29, 1.82) is 0 Å². The molecule has 0 saturated carbocycles. The van der Waals surface area contributed by atoms with Crippen molar-refractivity contribution < 1.29 is 22.7 Å². The van der Waals surface area contributed by atoms with E-state index in [9.17, 15) is 18.0 Å². The van der Waals surface area contributed by atoms with Crippen molar-refractivity contribution in [3.63, 3.8) is 0 Å². The third-order valence-electron chi connectivity index (χ3n) is 4.78. The number of fused-ring (bicyclic) bond motifs is 1. The van der Waals surface area contributed by atoms with Gasteiger partial charge in [-0.2, -0.15) is 13.2 Å². The maximum absolute atomic E-state index is 13.2. The summed E-state index contributed by atoms with van der Waals surface area (Å²) in [6.07, 6.45) is 0.327. The van der Waals surface area contributed by atoms with Crippen LogP contribution < -0.4 is 5.32 Å². The van der Waals surface area contributed by atoms with Crippen LogP contribution >= 0.6 is 0 Å². The van der Waals surface area contributed by atoms with Crippen LogP contribution in [0.25, 0.3) is 10.8 Å². The lowest BCUT2D eigenvalue weighted by Crippen LogP contribution is -2.15. The zero-order valence-electron chi connectivity index (χ0n) is 14.7. The largest absolute Gasteiger partial charge is 0.417 e. The van der Waals surface area contributed by atoms with Gasteiger partial charge < -0.3 is 10.1 Å². The molecule has 1 unspecified atom stereocenters. The Morgan fingerprint density at radius 3 is 2.79 bits per heavy atom. The topological polar surface area (TPSA) is 64.1 Å². The summed E-state index contributed by atoms with van der Waals surface area (Å²) < 4.78 is 45.1. The van der Waals surface area contributed by atoms with Crippen molar-refractivity contribution in [2.75, 3.05) is 18.5 Å². The number of rotatable bonds is 3. The molecule has 1 aliphatic rings. The predicted molar refractivity (Wildman–Crippen MR) is 97.1 cm³/mol. The highest BCUT2D eigenvalue weighted by Crippen LogP contribution is 2.35. The maximum atomic E-state index is 13.2. The summed E-state index contributed by atoms with van der Waals surface area (Å²) in [4.78, 5) is 20.7. The van der Waals surface area contributed by atoms with E-state index in [1.807, 2.05) is 6.07 Å². The van der Waals surface area contributed by atoms with Crippen LogP contribution in [0.1, 0.15) is 33.8 Å². The van der Waals surface area contributed by atoms with E-state index < -0.39 is 17.6 Å². The van der Waals surface area contributed by atoms with Crippen LogP contribution in [0.2, 0.25) is 0 Å². The molecule has 0 spiro atoms. The summed E-state index contributed by atoms with van der Waals surface area (Å²) in [5, 5.41) is 2.73. The monoisotopic (exact) mass is 387 g/mol. The Kier molecular flexibility index (Phi) is 4.72. The highest BCUT2D eigenvalue weighted by molar-refractivity contribution is 6.12. The Hall–Kier alpha value is -3.00. The van der Waals surface area contributed by atoms with Crippen LogP contribution in [0.5, 0.6) is 0 Å². The minimum Gasteiger partial charge on any atom is -0.381 e. The number of amides is 1. The Bertz CT molecular complexity index is 1030. The highest BCUT2D eigenvalue weighted by Gasteiger charge is 2.33. The minimum absolute atomic E-state index is 0.0556. The Balaban J connectivity index is 1.66. The molecule has 144 valence electrons. The number of carbonyl (C=O) groups excluding carboxylic acids is 1. The fourth-order valence-corrected chi connectivity index (χ4v) is 3.37. The molecular weight excluding hydrogens is 371 g/mol. The quantitative estimate of drug-likeness (QED) is 0.723. The number of ether oxygens (including phenoxy) is 1. The van der Waals surface area contributed by atoms with Gasteiger partial charge in [0.1, 0.15) is 5.82 Å². The molecule has 5 nitrogen and oxygen atoms in total. The summed E-state index contributed by atoms with van der Waals surface area (Å²) in [5.41, 5.74) is 0.228. The Labute approximate surface area is 158 Å². The Morgan fingerprint density at radius 2 is 2.04 bits per heavy atom. The van der Waals surface area contributed by atoms with Gasteiger partial charge in [0.25, 0.3) is 5.91 Å². The molecule has 1 saturated heterocycles. The van der Waals surface area contributed by atoms with Gasteiger partial charge in [-0.15, -0.1) is 0 Å². The fraction of sp³-hybridized carbons (Fsp3) is 0.250. The van der Waals surface area contributed by atoms with E-state index in [2.05, 4.69) is 15.3 Å². The first-order chi connectivity index (χ1) is 13.4. The lowest BCUT2D eigenvalue weighted by molar-refractivity contribution is -0.136. The summed E-state index contributed by atoms with van der Waals surface area (Å²) in [7, 11) is 0. The smallest absolute Gasteiger partial charge is 0.381 e. The number of alkyl halides is 3. The third kappa shape index (κ3) is 3.55. The van der Waals surface area contributed by atoms with Crippen LogP contribution in [0.4, 0.5) is 19.0 Å². The number of pyridine rings is 2. The molecule has 0 bridgehead atoms. The van der Waals surface area contributed by atoms with E-state index in [-0.39, 0.29) is 22.3 Å². The van der Waals surface area contributed by atoms with E-state index >= 15 is 0 Å². The molecule has 4 rings (SSSR count). The van der Waals surface area contributed by atoms with E-state index in [1.54, 1.807) is 12.3 Å². The number of hydrogen-bond donors (Lipinski definition) is 1. The summed E-state index contributed by atoms with van der Waals surface area (Å²) in [6.45, 7) is 1.31. The number of anilines is 1. The SMILES string of the molecule is O=C(Nc1cc(C2CCOC2)ccn1)c1cncc2c(C(F)(F)F)cccc12. The molecule has 0 radical (unpaired) electrons. The molecule has 1 aromatic carbocycles. The van der Waals surface area contributed by atoms with Crippen LogP contribution in [0.15, 0.2) is 48.9 Å². The lowest BCUT2D eigenvalue weighted by Gasteiger charge is -2.13. The van der Waals surface area contributed by atoms with Gasteiger partial charge in [0.2, 0.25) is 0 Å². The molecule has 3 heterocycles. The van der Waals surface area contributed by atoms with E-state index in [1.165, 1.54) is 18.3 Å². The van der Waals surface area contributed by atoms with Crippen molar-refractivity contribution in [2.45, 2.75) is 18.5 Å². The zero-order chi connectivity index (χ0) is 19.7. The molecule has 0 aliphatic carbocycles. The average Bonchev–Trinajstić information content (AvgIpc) is 3.21. The van der Waals surface area contributed by atoms with Crippen molar-refractivity contribution in [2.24, 2.45) is 0 Å². The number of aromatic nitrogens is 2. The molecule has 1 atom stereocenters. The van der Waals surface area contributed by atoms with Gasteiger partial charge in [0.05, 0.1) is 17.7 Å². The van der Waals surface area contributed by atoms with Gasteiger partial charge in [-0.05, 0) is 35.6 Å². The van der Waals surface area contributed by atoms with Crippen LogP contribution in [-0.2, 0) is 10.9 Å². The van der Waals surface area contributed by atoms with Crippen molar-refractivity contribution >= 4 is 22.5 Å². The van der Waals surface area contributed by atoms with Crippen molar-refractivity contribution in [1.82, 2.24) is 9.97 Å². The number of nitrogens with one attached hydrogen (secondary N) is 1. The molecule has 28 heavy (non-hydrogen) atoms.